The van der Waals surface area contributed by atoms with Gasteiger partial charge in [0.15, 0.2) is 0 Å². The molecule has 0 aromatic heterocycles. The lowest BCUT2D eigenvalue weighted by molar-refractivity contribution is 1.46. The fourth-order valence-corrected chi connectivity index (χ4v) is 3.17. The molecule has 3 aromatic carbocycles. The first-order chi connectivity index (χ1) is 8.85. The first kappa shape index (κ1) is 11.9. The maximum Gasteiger partial charge on any atom is 0.0166 e. The quantitative estimate of drug-likeness (QED) is 0.482. The molecular weight excluding hydrogens is 256 g/mol. The van der Waals surface area contributed by atoms with Crippen LogP contribution in [0, 0.1) is 0 Å². The fraction of sp³-hybridized carbons (Fsp3) is 0.125. The highest BCUT2D eigenvalue weighted by Crippen LogP contribution is 2.31. The van der Waals surface area contributed by atoms with Gasteiger partial charge in [-0.1, -0.05) is 42.5 Å². The summed E-state index contributed by atoms with van der Waals surface area (Å²) in [4.78, 5) is 0. The van der Waals surface area contributed by atoms with Gasteiger partial charge < -0.3 is 0 Å². The van der Waals surface area contributed by atoms with Crippen LogP contribution in [0.2, 0.25) is 0 Å². The van der Waals surface area contributed by atoms with E-state index in [4.69, 9.17) is 0 Å². The van der Waals surface area contributed by atoms with E-state index in [0.717, 1.165) is 11.5 Å². The molecule has 0 saturated heterocycles. The second-order valence-corrected chi connectivity index (χ2v) is 5.04. The molecule has 0 spiro atoms. The first-order valence-electron chi connectivity index (χ1n) is 5.99. The van der Waals surface area contributed by atoms with E-state index in [-0.39, 0.29) is 0 Å². The minimum Gasteiger partial charge on any atom is -0.175 e. The number of thiol groups is 2. The van der Waals surface area contributed by atoms with Crippen LogP contribution in [0.5, 0.6) is 0 Å². The highest BCUT2D eigenvalue weighted by Gasteiger charge is 2.08. The lowest BCUT2D eigenvalue weighted by Gasteiger charge is -2.12. The standard InChI is InChI=1S/C16H14S2/c17-9-12-5-3-7-14-15(12)8-11-4-1-2-6-13(11)16(14)10-18/h1-8,17-18H,9-10H2. The highest BCUT2D eigenvalue weighted by atomic mass is 32.1. The van der Waals surface area contributed by atoms with Gasteiger partial charge in [0.2, 0.25) is 0 Å². The molecule has 0 aliphatic rings. The van der Waals surface area contributed by atoms with Crippen LogP contribution in [-0.2, 0) is 11.5 Å². The van der Waals surface area contributed by atoms with Crippen molar-refractivity contribution >= 4 is 46.8 Å². The molecule has 0 radical (unpaired) electrons. The van der Waals surface area contributed by atoms with Crippen LogP contribution in [-0.4, -0.2) is 0 Å². The van der Waals surface area contributed by atoms with E-state index in [9.17, 15) is 0 Å². The summed E-state index contributed by atoms with van der Waals surface area (Å²) in [6.07, 6.45) is 0. The van der Waals surface area contributed by atoms with Crippen LogP contribution >= 0.6 is 25.3 Å². The van der Waals surface area contributed by atoms with Gasteiger partial charge in [-0.25, -0.2) is 0 Å². The Bertz CT molecular complexity index is 717. The van der Waals surface area contributed by atoms with E-state index >= 15 is 0 Å². The van der Waals surface area contributed by atoms with E-state index in [2.05, 4.69) is 73.8 Å². The molecule has 0 amide bonds. The maximum absolute atomic E-state index is 4.51. The van der Waals surface area contributed by atoms with Gasteiger partial charge in [-0.3, -0.25) is 0 Å². The van der Waals surface area contributed by atoms with Crippen molar-refractivity contribution in [3.8, 4) is 0 Å². The van der Waals surface area contributed by atoms with Gasteiger partial charge in [-0.15, -0.1) is 0 Å². The number of hydrogen-bond acceptors (Lipinski definition) is 2. The van der Waals surface area contributed by atoms with Gasteiger partial charge in [-0.05, 0) is 38.7 Å². The zero-order chi connectivity index (χ0) is 12.5. The molecule has 18 heavy (non-hydrogen) atoms. The minimum absolute atomic E-state index is 0.758. The Morgan fingerprint density at radius 3 is 2.28 bits per heavy atom. The van der Waals surface area contributed by atoms with E-state index in [1.807, 2.05) is 0 Å². The second-order valence-electron chi connectivity index (χ2n) is 4.40. The summed E-state index contributed by atoms with van der Waals surface area (Å²) in [5.74, 6) is 1.52. The monoisotopic (exact) mass is 270 g/mol. The predicted octanol–water partition coefficient (Wildman–Crippen LogP) is 4.85. The largest absolute Gasteiger partial charge is 0.175 e. The average molecular weight is 270 g/mol. The molecule has 3 aromatic rings. The average Bonchev–Trinajstić information content (AvgIpc) is 2.44. The third-order valence-electron chi connectivity index (χ3n) is 3.44. The van der Waals surface area contributed by atoms with Gasteiger partial charge in [0, 0.05) is 11.5 Å². The Morgan fingerprint density at radius 1 is 0.722 bits per heavy atom. The normalized spacial score (nSPS) is 11.2. The third kappa shape index (κ3) is 1.80. The van der Waals surface area contributed by atoms with E-state index in [1.54, 1.807) is 0 Å². The zero-order valence-corrected chi connectivity index (χ0v) is 11.7. The Morgan fingerprint density at radius 2 is 1.50 bits per heavy atom. The van der Waals surface area contributed by atoms with Crippen molar-refractivity contribution in [3.05, 3.63) is 59.7 Å². The Hall–Kier alpha value is -1.12. The molecule has 0 saturated carbocycles. The van der Waals surface area contributed by atoms with Crippen molar-refractivity contribution in [2.75, 3.05) is 0 Å². The SMILES string of the molecule is SCc1cccc2c(CS)c3ccccc3cc12. The fourth-order valence-electron chi connectivity index (χ4n) is 2.55. The molecule has 0 fully saturated rings. The summed E-state index contributed by atoms with van der Waals surface area (Å²) in [6, 6.07) is 17.2. The van der Waals surface area contributed by atoms with Gasteiger partial charge in [0.05, 0.1) is 0 Å². The van der Waals surface area contributed by atoms with Crippen LogP contribution < -0.4 is 0 Å². The summed E-state index contributed by atoms with van der Waals surface area (Å²) in [5, 5.41) is 5.19. The molecule has 90 valence electrons. The van der Waals surface area contributed by atoms with Crippen LogP contribution in [0.3, 0.4) is 0 Å². The summed E-state index contributed by atoms with van der Waals surface area (Å²) in [6.45, 7) is 0. The van der Waals surface area contributed by atoms with Crippen molar-refractivity contribution in [2.45, 2.75) is 11.5 Å². The molecule has 0 atom stereocenters. The molecule has 0 aliphatic heterocycles. The molecular formula is C16H14S2. The molecule has 0 aliphatic carbocycles. The minimum atomic E-state index is 0.758. The molecule has 2 heteroatoms. The highest BCUT2D eigenvalue weighted by molar-refractivity contribution is 7.79. The van der Waals surface area contributed by atoms with Crippen LogP contribution in [0.1, 0.15) is 11.1 Å². The molecule has 0 N–H and O–H groups in total. The Balaban J connectivity index is 2.53. The van der Waals surface area contributed by atoms with Crippen molar-refractivity contribution in [1.82, 2.24) is 0 Å². The number of rotatable bonds is 2. The molecule has 0 heterocycles. The van der Waals surface area contributed by atoms with Gasteiger partial charge in [0.25, 0.3) is 0 Å². The molecule has 3 rings (SSSR count). The summed E-state index contributed by atoms with van der Waals surface area (Å²) in [5.41, 5.74) is 2.60. The van der Waals surface area contributed by atoms with Crippen molar-refractivity contribution in [2.24, 2.45) is 0 Å². The van der Waals surface area contributed by atoms with Gasteiger partial charge in [0.1, 0.15) is 0 Å². The van der Waals surface area contributed by atoms with Crippen molar-refractivity contribution in [3.63, 3.8) is 0 Å². The topological polar surface area (TPSA) is 0 Å². The summed E-state index contributed by atoms with van der Waals surface area (Å²) < 4.78 is 0. The Labute approximate surface area is 118 Å². The number of fused-ring (bicyclic) bond motifs is 2. The zero-order valence-electron chi connectivity index (χ0n) is 9.93. The van der Waals surface area contributed by atoms with E-state index in [0.29, 0.717) is 0 Å². The van der Waals surface area contributed by atoms with E-state index in [1.165, 1.54) is 32.7 Å². The van der Waals surface area contributed by atoms with Crippen LogP contribution in [0.4, 0.5) is 0 Å². The van der Waals surface area contributed by atoms with Crippen molar-refractivity contribution < 1.29 is 0 Å². The second kappa shape index (κ2) is 4.87. The molecule has 0 unspecified atom stereocenters. The van der Waals surface area contributed by atoms with Gasteiger partial charge >= 0.3 is 0 Å². The number of benzene rings is 3. The smallest absolute Gasteiger partial charge is 0.0166 e. The lowest BCUT2D eigenvalue weighted by Crippen LogP contribution is -1.89. The predicted molar refractivity (Wildman–Crippen MR) is 86.8 cm³/mol. The third-order valence-corrected chi connectivity index (χ3v) is 4.09. The Kier molecular flexibility index (Phi) is 3.23. The lowest BCUT2D eigenvalue weighted by atomic mass is 9.95. The summed E-state index contributed by atoms with van der Waals surface area (Å²) >= 11 is 8.93. The molecule has 0 bridgehead atoms. The molecule has 0 nitrogen and oxygen atoms in total. The van der Waals surface area contributed by atoms with Gasteiger partial charge in [-0.2, -0.15) is 25.3 Å². The van der Waals surface area contributed by atoms with Crippen molar-refractivity contribution in [1.29, 1.82) is 0 Å². The maximum atomic E-state index is 4.51. The summed E-state index contributed by atoms with van der Waals surface area (Å²) in [7, 11) is 0. The first-order valence-corrected chi connectivity index (χ1v) is 7.25. The van der Waals surface area contributed by atoms with Crippen LogP contribution in [0.25, 0.3) is 21.5 Å². The number of hydrogen-bond donors (Lipinski definition) is 2. The van der Waals surface area contributed by atoms with E-state index < -0.39 is 0 Å². The van der Waals surface area contributed by atoms with Crippen LogP contribution in [0.15, 0.2) is 48.5 Å².